The summed E-state index contributed by atoms with van der Waals surface area (Å²) in [6, 6.07) is 3.48. The molecule has 0 spiro atoms. The molecular formula is C18H29F6N3O4S2. The third-order valence-electron chi connectivity index (χ3n) is 6.53. The number of nitriles is 1. The Balaban J connectivity index is 0.000000337. The Morgan fingerprint density at radius 3 is 1.73 bits per heavy atom. The van der Waals surface area contributed by atoms with Gasteiger partial charge in [0.05, 0.1) is 19.6 Å². The van der Waals surface area contributed by atoms with Crippen molar-refractivity contribution in [3.05, 3.63) is 4.13 Å². The Hall–Kier alpha value is -1.11. The smallest absolute Gasteiger partial charge is 0.421 e. The molecule has 1 atom stereocenters. The van der Waals surface area contributed by atoms with E-state index in [0.717, 1.165) is 27.5 Å². The highest BCUT2D eigenvalue weighted by atomic mass is 32.3. The van der Waals surface area contributed by atoms with Gasteiger partial charge in [0.2, 0.25) is 0 Å². The number of quaternary nitrogens is 1. The molecule has 15 heteroatoms. The Morgan fingerprint density at radius 1 is 0.909 bits per heavy atom. The van der Waals surface area contributed by atoms with Crippen LogP contribution in [0.5, 0.6) is 0 Å². The average molecular weight is 530 g/mol. The summed E-state index contributed by atoms with van der Waals surface area (Å²) in [6.45, 7) is 3.51. The Morgan fingerprint density at radius 2 is 1.33 bits per heavy atom. The van der Waals surface area contributed by atoms with E-state index < -0.39 is 31.1 Å². The molecule has 2 rings (SSSR count). The fourth-order valence-electron chi connectivity index (χ4n) is 4.57. The molecule has 2 heterocycles. The lowest BCUT2D eigenvalue weighted by Gasteiger charge is -2.40. The molecule has 7 nitrogen and oxygen atoms in total. The van der Waals surface area contributed by atoms with Crippen molar-refractivity contribution >= 4 is 20.0 Å². The molecule has 0 N–H and O–H groups in total. The van der Waals surface area contributed by atoms with Crippen molar-refractivity contribution in [1.82, 2.24) is 0 Å². The summed E-state index contributed by atoms with van der Waals surface area (Å²) in [5.74, 6) is 0. The summed E-state index contributed by atoms with van der Waals surface area (Å²) in [4.78, 5) is 0. The van der Waals surface area contributed by atoms with Gasteiger partial charge in [-0.2, -0.15) is 31.6 Å². The quantitative estimate of drug-likeness (QED) is 0.236. The van der Waals surface area contributed by atoms with E-state index in [-0.39, 0.29) is 5.54 Å². The first-order valence-electron chi connectivity index (χ1n) is 10.5. The first-order chi connectivity index (χ1) is 14.9. The predicted molar refractivity (Wildman–Crippen MR) is 108 cm³/mol. The summed E-state index contributed by atoms with van der Waals surface area (Å²) in [5, 5.41) is 9.59. The van der Waals surface area contributed by atoms with Crippen LogP contribution in [0.25, 0.3) is 4.13 Å². The summed E-state index contributed by atoms with van der Waals surface area (Å²) in [6.07, 6.45) is 13.1. The van der Waals surface area contributed by atoms with E-state index in [0.29, 0.717) is 0 Å². The zero-order valence-electron chi connectivity index (χ0n) is 18.4. The lowest BCUT2D eigenvalue weighted by atomic mass is 9.89. The molecular weight excluding hydrogens is 500 g/mol. The van der Waals surface area contributed by atoms with Crippen LogP contribution in [0.2, 0.25) is 0 Å². The Bertz CT molecular complexity index is 863. The fourth-order valence-corrected chi connectivity index (χ4v) is 6.28. The number of sulfonamides is 2. The molecule has 1 unspecified atom stereocenters. The van der Waals surface area contributed by atoms with Gasteiger partial charge in [-0.1, -0.05) is 32.6 Å². The number of fused-ring (bicyclic) bond motifs is 2. The number of halogens is 6. The van der Waals surface area contributed by atoms with Gasteiger partial charge in [0.15, 0.2) is 25.6 Å². The monoisotopic (exact) mass is 529 g/mol. The average Bonchev–Trinajstić information content (AvgIpc) is 3.10. The first-order valence-corrected chi connectivity index (χ1v) is 13.4. The normalized spacial score (nSPS) is 27.7. The van der Waals surface area contributed by atoms with Crippen LogP contribution in [-0.2, 0) is 20.0 Å². The van der Waals surface area contributed by atoms with Crippen LogP contribution >= 0.6 is 0 Å². The molecule has 0 aromatic rings. The van der Waals surface area contributed by atoms with Crippen molar-refractivity contribution in [2.75, 3.05) is 13.6 Å². The number of hydrogen-bond acceptors (Lipinski definition) is 5. The van der Waals surface area contributed by atoms with Crippen LogP contribution in [0.3, 0.4) is 0 Å². The largest absolute Gasteiger partial charge is 0.480 e. The number of alkyl halides is 6. The Kier molecular flexibility index (Phi) is 9.66. The van der Waals surface area contributed by atoms with Gasteiger partial charge in [-0.15, -0.1) is 0 Å². The summed E-state index contributed by atoms with van der Waals surface area (Å²) in [5.41, 5.74) is -12.4. The summed E-state index contributed by atoms with van der Waals surface area (Å²) >= 11 is 0. The highest BCUT2D eigenvalue weighted by molar-refractivity contribution is 8.13. The highest BCUT2D eigenvalue weighted by Gasteiger charge is 2.62. The second-order valence-electron chi connectivity index (χ2n) is 8.55. The van der Waals surface area contributed by atoms with Crippen LogP contribution in [0.15, 0.2) is 0 Å². The molecule has 0 radical (unpaired) electrons. The second-order valence-corrected chi connectivity index (χ2v) is 12.0. The van der Waals surface area contributed by atoms with Gasteiger partial charge in [0.25, 0.3) is 0 Å². The van der Waals surface area contributed by atoms with Crippen molar-refractivity contribution in [3.63, 3.8) is 0 Å². The summed E-state index contributed by atoms with van der Waals surface area (Å²) < 4.78 is 110. The predicted octanol–water partition coefficient (Wildman–Crippen LogP) is 5.07. The third kappa shape index (κ3) is 6.73. The SMILES string of the molecule is CCCCCCCC[N+]1(C)C2CCC1(C#N)CC2.O=S(=O)([N-]S(=O)(=O)C(F)(F)F)C(F)(F)F. The van der Waals surface area contributed by atoms with Gasteiger partial charge < -0.3 is 8.61 Å². The standard InChI is InChI=1S/C16H29N2.C2F6NO4S2/c1-3-4-5-6-7-8-13-18(2)15-9-11-16(18,14-17)12-10-15;3-1(4,5)14(10,11)9-15(12,13)2(6,7)8/h15H,3-13H2,1-2H3;/q+1;-1. The van der Waals surface area contributed by atoms with Gasteiger partial charge in [-0.25, -0.2) is 16.8 Å². The number of hydrogen-bond donors (Lipinski definition) is 0. The maximum absolute atomic E-state index is 11.4. The third-order valence-corrected chi connectivity index (χ3v) is 9.27. The molecule has 0 aromatic carbocycles. The van der Waals surface area contributed by atoms with Crippen LogP contribution in [-0.4, -0.2) is 57.5 Å². The molecule has 2 bridgehead atoms. The van der Waals surface area contributed by atoms with E-state index in [9.17, 15) is 48.4 Å². The molecule has 2 aliphatic heterocycles. The lowest BCUT2D eigenvalue weighted by molar-refractivity contribution is -0.946. The van der Waals surface area contributed by atoms with Gasteiger partial charge >= 0.3 is 11.0 Å². The molecule has 0 aliphatic carbocycles. The van der Waals surface area contributed by atoms with Crippen molar-refractivity contribution in [2.24, 2.45) is 0 Å². The van der Waals surface area contributed by atoms with E-state index >= 15 is 0 Å². The topological polar surface area (TPSA) is 106 Å². The molecule has 2 aliphatic rings. The van der Waals surface area contributed by atoms with E-state index in [2.05, 4.69) is 20.0 Å². The van der Waals surface area contributed by atoms with Gasteiger partial charge in [0, 0.05) is 25.7 Å². The van der Waals surface area contributed by atoms with Crippen molar-refractivity contribution in [2.45, 2.75) is 93.7 Å². The van der Waals surface area contributed by atoms with Gasteiger partial charge in [-0.3, -0.25) is 0 Å². The number of rotatable bonds is 9. The van der Waals surface area contributed by atoms with E-state index in [1.54, 1.807) is 0 Å². The molecule has 0 amide bonds. The molecule has 2 saturated heterocycles. The molecule has 2 fully saturated rings. The maximum atomic E-state index is 11.4. The highest BCUT2D eigenvalue weighted by Crippen LogP contribution is 2.51. The molecule has 194 valence electrons. The molecule has 33 heavy (non-hydrogen) atoms. The zero-order valence-corrected chi connectivity index (χ0v) is 20.0. The number of unbranched alkanes of at least 4 members (excludes halogenated alkanes) is 5. The van der Waals surface area contributed by atoms with E-state index in [4.69, 9.17) is 0 Å². The first kappa shape index (κ1) is 29.9. The zero-order chi connectivity index (χ0) is 25.8. The number of nitrogens with zero attached hydrogens (tertiary/aromatic N) is 3. The van der Waals surface area contributed by atoms with E-state index in [1.165, 1.54) is 57.9 Å². The molecule has 0 saturated carbocycles. The van der Waals surface area contributed by atoms with Crippen LogP contribution in [0.4, 0.5) is 26.3 Å². The van der Waals surface area contributed by atoms with Crippen molar-refractivity contribution < 1.29 is 47.7 Å². The van der Waals surface area contributed by atoms with Gasteiger partial charge in [0.1, 0.15) is 6.07 Å². The second kappa shape index (κ2) is 10.7. The minimum Gasteiger partial charge on any atom is -0.421 e. The van der Waals surface area contributed by atoms with Gasteiger partial charge in [-0.05, 0) is 12.8 Å². The maximum Gasteiger partial charge on any atom is 0.480 e. The Labute approximate surface area is 190 Å². The minimum absolute atomic E-state index is 0.00587. The van der Waals surface area contributed by atoms with Crippen molar-refractivity contribution in [3.8, 4) is 6.07 Å². The fraction of sp³-hybridized carbons (Fsp3) is 0.944. The molecule has 0 aromatic heterocycles. The summed E-state index contributed by atoms with van der Waals surface area (Å²) in [7, 11) is -11.1. The lowest BCUT2D eigenvalue weighted by Crippen LogP contribution is -2.56. The van der Waals surface area contributed by atoms with E-state index in [1.807, 2.05) is 0 Å². The van der Waals surface area contributed by atoms with Crippen molar-refractivity contribution in [1.29, 1.82) is 5.26 Å². The minimum atomic E-state index is -6.72. The van der Waals surface area contributed by atoms with Crippen LogP contribution in [0, 0.1) is 11.3 Å². The van der Waals surface area contributed by atoms with Crippen LogP contribution in [0.1, 0.15) is 71.1 Å². The van der Waals surface area contributed by atoms with Crippen LogP contribution < -0.4 is 0 Å².